The quantitative estimate of drug-likeness (QED) is 0.511. The molecule has 1 atom stereocenters. The van der Waals surface area contributed by atoms with Gasteiger partial charge in [-0.3, -0.25) is 14.5 Å². The van der Waals surface area contributed by atoms with Crippen molar-refractivity contribution in [1.82, 2.24) is 20.4 Å². The SMILES string of the molecule is COc1ccc(C2(C)NC(=O)N(CC(=O)Nc3ccccc3Sc3nncs3)C2=O)cc1. The van der Waals surface area contributed by atoms with Crippen LogP contribution in [0.5, 0.6) is 5.75 Å². The third-order valence-corrected chi connectivity index (χ3v) is 6.80. The molecule has 4 rings (SSSR count). The summed E-state index contributed by atoms with van der Waals surface area (Å²) in [4.78, 5) is 40.0. The van der Waals surface area contributed by atoms with Crippen molar-refractivity contribution in [2.45, 2.75) is 21.7 Å². The van der Waals surface area contributed by atoms with Crippen LogP contribution in [0.3, 0.4) is 0 Å². The molecule has 2 N–H and O–H groups in total. The number of imide groups is 1. The molecular weight excluding hydrogens is 450 g/mol. The van der Waals surface area contributed by atoms with E-state index >= 15 is 0 Å². The Hall–Kier alpha value is -3.44. The summed E-state index contributed by atoms with van der Waals surface area (Å²) in [5.41, 5.74) is 1.51. The Morgan fingerprint density at radius 2 is 1.97 bits per heavy atom. The minimum absolute atomic E-state index is 0.409. The number of urea groups is 1. The fourth-order valence-electron chi connectivity index (χ4n) is 3.25. The van der Waals surface area contributed by atoms with Crippen LogP contribution in [0.2, 0.25) is 0 Å². The van der Waals surface area contributed by atoms with E-state index in [1.165, 1.54) is 23.1 Å². The Bertz CT molecular complexity index is 1150. The number of hydrogen-bond acceptors (Lipinski definition) is 8. The number of para-hydroxylation sites is 1. The molecule has 1 aliphatic rings. The van der Waals surface area contributed by atoms with Crippen LogP contribution in [-0.2, 0) is 15.1 Å². The van der Waals surface area contributed by atoms with Crippen LogP contribution in [0.15, 0.2) is 63.3 Å². The van der Waals surface area contributed by atoms with Crippen LogP contribution >= 0.6 is 23.1 Å². The fourth-order valence-corrected chi connectivity index (χ4v) is 4.78. The minimum atomic E-state index is -1.27. The van der Waals surface area contributed by atoms with E-state index in [2.05, 4.69) is 20.8 Å². The van der Waals surface area contributed by atoms with Gasteiger partial charge in [-0.05, 0) is 36.8 Å². The maximum absolute atomic E-state index is 13.1. The number of amides is 4. The second kappa shape index (κ2) is 8.97. The molecule has 4 amide bonds. The molecule has 0 spiro atoms. The number of anilines is 1. The van der Waals surface area contributed by atoms with E-state index in [-0.39, 0.29) is 0 Å². The Balaban J connectivity index is 1.47. The van der Waals surface area contributed by atoms with Gasteiger partial charge >= 0.3 is 6.03 Å². The molecule has 1 aromatic heterocycles. The molecule has 2 heterocycles. The second-order valence-corrected chi connectivity index (χ2v) is 9.15. The minimum Gasteiger partial charge on any atom is -0.497 e. The van der Waals surface area contributed by atoms with E-state index in [9.17, 15) is 14.4 Å². The lowest BCUT2D eigenvalue weighted by molar-refractivity contribution is -0.133. The summed E-state index contributed by atoms with van der Waals surface area (Å²) < 4.78 is 5.87. The van der Waals surface area contributed by atoms with E-state index < -0.39 is 29.9 Å². The highest BCUT2D eigenvalue weighted by Gasteiger charge is 2.49. The molecule has 1 fully saturated rings. The van der Waals surface area contributed by atoms with Crippen molar-refractivity contribution in [3.63, 3.8) is 0 Å². The number of aromatic nitrogens is 2. The van der Waals surface area contributed by atoms with Crippen molar-refractivity contribution in [2.75, 3.05) is 19.0 Å². The van der Waals surface area contributed by atoms with Gasteiger partial charge in [0.25, 0.3) is 5.91 Å². The third kappa shape index (κ3) is 4.30. The number of nitrogens with one attached hydrogen (secondary N) is 2. The number of methoxy groups -OCH3 is 1. The number of carbonyl (C=O) groups is 3. The van der Waals surface area contributed by atoms with Crippen molar-refractivity contribution in [2.24, 2.45) is 0 Å². The molecule has 3 aromatic rings. The third-order valence-electron chi connectivity index (χ3n) is 4.94. The lowest BCUT2D eigenvalue weighted by Gasteiger charge is -2.22. The van der Waals surface area contributed by atoms with Crippen LogP contribution < -0.4 is 15.4 Å². The molecule has 2 aromatic carbocycles. The summed E-state index contributed by atoms with van der Waals surface area (Å²) in [6.45, 7) is 1.20. The maximum Gasteiger partial charge on any atom is 0.325 e. The highest BCUT2D eigenvalue weighted by molar-refractivity contribution is 8.01. The van der Waals surface area contributed by atoms with Crippen LogP contribution in [0.4, 0.5) is 10.5 Å². The van der Waals surface area contributed by atoms with E-state index in [1.54, 1.807) is 55.9 Å². The standard InChI is InChI=1S/C21H19N5O4S2/c1-21(13-7-9-14(30-2)10-8-13)18(28)26(19(29)24-21)11-17(27)23-15-5-3-4-6-16(15)32-20-25-22-12-31-20/h3-10,12H,11H2,1-2H3,(H,23,27)(H,24,29). The van der Waals surface area contributed by atoms with Gasteiger partial charge in [0.15, 0.2) is 4.34 Å². The number of benzene rings is 2. The molecule has 1 aliphatic heterocycles. The molecule has 32 heavy (non-hydrogen) atoms. The van der Waals surface area contributed by atoms with Gasteiger partial charge in [-0.25, -0.2) is 4.79 Å². The van der Waals surface area contributed by atoms with Gasteiger partial charge in [-0.15, -0.1) is 10.2 Å². The Morgan fingerprint density at radius 1 is 1.22 bits per heavy atom. The molecule has 0 saturated carbocycles. The summed E-state index contributed by atoms with van der Waals surface area (Å²) in [5.74, 6) is -0.354. The molecule has 164 valence electrons. The highest BCUT2D eigenvalue weighted by atomic mass is 32.2. The average molecular weight is 470 g/mol. The first kappa shape index (κ1) is 21.8. The molecule has 11 heteroatoms. The number of hydrogen-bond donors (Lipinski definition) is 2. The number of nitrogens with zero attached hydrogens (tertiary/aromatic N) is 3. The first-order valence-corrected chi connectivity index (χ1v) is 11.2. The lowest BCUT2D eigenvalue weighted by Crippen LogP contribution is -2.42. The Kier molecular flexibility index (Phi) is 6.10. The normalized spacial score (nSPS) is 17.9. The van der Waals surface area contributed by atoms with Crippen LogP contribution in [0.25, 0.3) is 0 Å². The van der Waals surface area contributed by atoms with Gasteiger partial charge in [0, 0.05) is 4.90 Å². The summed E-state index contributed by atoms with van der Waals surface area (Å²) in [6.07, 6.45) is 0. The summed E-state index contributed by atoms with van der Waals surface area (Å²) >= 11 is 2.75. The number of carbonyl (C=O) groups excluding carboxylic acids is 3. The van der Waals surface area contributed by atoms with Gasteiger partial charge < -0.3 is 15.4 Å². The molecule has 1 unspecified atom stereocenters. The van der Waals surface area contributed by atoms with E-state index in [1.807, 2.05) is 12.1 Å². The first-order valence-electron chi connectivity index (χ1n) is 9.52. The summed E-state index contributed by atoms with van der Waals surface area (Å²) in [7, 11) is 1.55. The zero-order valence-corrected chi connectivity index (χ0v) is 18.8. The van der Waals surface area contributed by atoms with Crippen LogP contribution in [0.1, 0.15) is 12.5 Å². The maximum atomic E-state index is 13.1. The van der Waals surface area contributed by atoms with Crippen LogP contribution in [0, 0.1) is 0 Å². The van der Waals surface area contributed by atoms with Crippen LogP contribution in [-0.4, -0.2) is 46.6 Å². The van der Waals surface area contributed by atoms with Gasteiger partial charge in [-0.2, -0.15) is 0 Å². The van der Waals surface area contributed by atoms with Crippen molar-refractivity contribution >= 4 is 46.6 Å². The Labute approximate surface area is 192 Å². The molecule has 0 aliphatic carbocycles. The predicted molar refractivity (Wildman–Crippen MR) is 120 cm³/mol. The average Bonchev–Trinajstić information content (AvgIpc) is 3.38. The topological polar surface area (TPSA) is 114 Å². The van der Waals surface area contributed by atoms with E-state index in [0.717, 1.165) is 14.1 Å². The van der Waals surface area contributed by atoms with Gasteiger partial charge in [-0.1, -0.05) is 47.4 Å². The molecule has 0 bridgehead atoms. The summed E-state index contributed by atoms with van der Waals surface area (Å²) in [6, 6.07) is 13.4. The second-order valence-electron chi connectivity index (χ2n) is 7.03. The Morgan fingerprint density at radius 3 is 2.66 bits per heavy atom. The van der Waals surface area contributed by atoms with Crippen molar-refractivity contribution in [1.29, 1.82) is 0 Å². The predicted octanol–water partition coefficient (Wildman–Crippen LogP) is 3.10. The zero-order chi connectivity index (χ0) is 22.7. The van der Waals surface area contributed by atoms with Crippen molar-refractivity contribution in [3.05, 3.63) is 59.6 Å². The van der Waals surface area contributed by atoms with E-state index in [4.69, 9.17) is 4.74 Å². The first-order chi connectivity index (χ1) is 15.4. The largest absolute Gasteiger partial charge is 0.497 e. The van der Waals surface area contributed by atoms with Gasteiger partial charge in [0.05, 0.1) is 12.8 Å². The van der Waals surface area contributed by atoms with Crippen molar-refractivity contribution in [3.8, 4) is 5.75 Å². The lowest BCUT2D eigenvalue weighted by atomic mass is 9.92. The van der Waals surface area contributed by atoms with Gasteiger partial charge in [0.2, 0.25) is 5.91 Å². The highest BCUT2D eigenvalue weighted by Crippen LogP contribution is 2.34. The monoisotopic (exact) mass is 469 g/mol. The molecule has 1 saturated heterocycles. The smallest absolute Gasteiger partial charge is 0.325 e. The molecule has 0 radical (unpaired) electrons. The molecule has 9 nitrogen and oxygen atoms in total. The zero-order valence-electron chi connectivity index (χ0n) is 17.2. The van der Waals surface area contributed by atoms with Gasteiger partial charge in [0.1, 0.15) is 23.3 Å². The van der Waals surface area contributed by atoms with E-state index in [0.29, 0.717) is 17.0 Å². The number of rotatable bonds is 7. The fraction of sp³-hybridized carbons (Fsp3) is 0.190. The summed E-state index contributed by atoms with van der Waals surface area (Å²) in [5, 5.41) is 13.3. The molecular formula is C21H19N5O4S2. The van der Waals surface area contributed by atoms with Crippen molar-refractivity contribution < 1.29 is 19.1 Å². The number of ether oxygens (including phenoxy) is 1.